The summed E-state index contributed by atoms with van der Waals surface area (Å²) in [5, 5.41) is 1.94. The molecule has 2 nitrogen and oxygen atoms in total. The van der Waals surface area contributed by atoms with Crippen LogP contribution in [0.3, 0.4) is 0 Å². The molecule has 1 heterocycles. The number of benzene rings is 1. The summed E-state index contributed by atoms with van der Waals surface area (Å²) in [5.41, 5.74) is 1.72. The van der Waals surface area contributed by atoms with E-state index in [0.29, 0.717) is 6.42 Å². The minimum Gasteiger partial charge on any atom is -0.329 e. The Morgan fingerprint density at radius 1 is 1.27 bits per heavy atom. The van der Waals surface area contributed by atoms with Crippen LogP contribution < -0.4 is 4.72 Å². The normalized spacial score (nSPS) is 14.3. The average molecular weight is 217 g/mol. The van der Waals surface area contributed by atoms with Crippen molar-refractivity contribution in [2.45, 2.75) is 6.42 Å². The van der Waals surface area contributed by atoms with E-state index in [-0.39, 0.29) is 5.78 Å². The summed E-state index contributed by atoms with van der Waals surface area (Å²) in [7, 11) is 0. The number of carbonyl (C=O) groups excluding carboxylic acids is 1. The van der Waals surface area contributed by atoms with Gasteiger partial charge in [0.1, 0.15) is 0 Å². The second-order valence-corrected chi connectivity index (χ2v) is 3.92. The number of rotatable bonds is 3. The molecule has 0 aromatic heterocycles. The first-order chi connectivity index (χ1) is 7.36. The van der Waals surface area contributed by atoms with Crippen molar-refractivity contribution in [3.63, 3.8) is 0 Å². The van der Waals surface area contributed by atoms with Gasteiger partial charge in [0, 0.05) is 11.3 Å². The average Bonchev–Trinajstić information content (AvgIpc) is 2.31. The van der Waals surface area contributed by atoms with Crippen molar-refractivity contribution < 1.29 is 4.79 Å². The van der Waals surface area contributed by atoms with E-state index in [2.05, 4.69) is 4.72 Å². The van der Waals surface area contributed by atoms with Crippen LogP contribution in [0.1, 0.15) is 16.8 Å². The van der Waals surface area contributed by atoms with Gasteiger partial charge in [-0.15, -0.1) is 0 Å². The molecule has 76 valence electrons. The Balaban J connectivity index is 2.04. The highest BCUT2D eigenvalue weighted by molar-refractivity contribution is 8.00. The van der Waals surface area contributed by atoms with Crippen molar-refractivity contribution in [2.75, 3.05) is 0 Å². The molecule has 1 aliphatic rings. The number of carbonyl (C=O) groups is 1. The molecule has 1 aliphatic heterocycles. The van der Waals surface area contributed by atoms with Crippen molar-refractivity contribution in [1.82, 2.24) is 4.72 Å². The number of Topliss-reactive ketones (excluding diaryl/α,β-unsaturated/α-hetero) is 1. The van der Waals surface area contributed by atoms with Crippen molar-refractivity contribution >= 4 is 17.7 Å². The first kappa shape index (κ1) is 10.1. The van der Waals surface area contributed by atoms with E-state index in [9.17, 15) is 4.79 Å². The fourth-order valence-corrected chi connectivity index (χ4v) is 1.85. The monoisotopic (exact) mass is 217 g/mol. The lowest BCUT2D eigenvalue weighted by molar-refractivity contribution is 0.0992. The largest absolute Gasteiger partial charge is 0.329 e. The van der Waals surface area contributed by atoms with Gasteiger partial charge in [-0.25, -0.2) is 0 Å². The maximum atomic E-state index is 11.8. The quantitative estimate of drug-likeness (QED) is 0.623. The number of nitrogens with one attached hydrogen (secondary N) is 1. The number of hydrogen-bond donors (Lipinski definition) is 1. The Morgan fingerprint density at radius 2 is 2.07 bits per heavy atom. The van der Waals surface area contributed by atoms with Gasteiger partial charge in [-0.3, -0.25) is 4.79 Å². The Bertz CT molecular complexity index is 409. The molecule has 3 heteroatoms. The number of hydrogen-bond acceptors (Lipinski definition) is 3. The van der Waals surface area contributed by atoms with Crippen LogP contribution in [0.4, 0.5) is 0 Å². The lowest BCUT2D eigenvalue weighted by Gasteiger charge is -2.09. The third kappa shape index (κ3) is 2.73. The van der Waals surface area contributed by atoms with E-state index >= 15 is 0 Å². The molecule has 1 aromatic rings. The Labute approximate surface area is 93.2 Å². The summed E-state index contributed by atoms with van der Waals surface area (Å²) in [5.74, 6) is 0.144. The van der Waals surface area contributed by atoms with Gasteiger partial charge in [0.05, 0.1) is 6.42 Å². The minimum absolute atomic E-state index is 0.144. The van der Waals surface area contributed by atoms with E-state index in [1.165, 1.54) is 11.9 Å². The lowest BCUT2D eigenvalue weighted by atomic mass is 10.1. The van der Waals surface area contributed by atoms with E-state index in [1.54, 1.807) is 0 Å². The highest BCUT2D eigenvalue weighted by Crippen LogP contribution is 2.14. The van der Waals surface area contributed by atoms with Crippen molar-refractivity contribution in [1.29, 1.82) is 0 Å². The maximum absolute atomic E-state index is 11.8. The molecule has 2 rings (SSSR count). The summed E-state index contributed by atoms with van der Waals surface area (Å²) in [4.78, 5) is 11.8. The van der Waals surface area contributed by atoms with Crippen LogP contribution in [0, 0.1) is 0 Å². The zero-order chi connectivity index (χ0) is 10.5. The van der Waals surface area contributed by atoms with Crippen molar-refractivity contribution in [2.24, 2.45) is 0 Å². The third-order valence-electron chi connectivity index (χ3n) is 2.08. The van der Waals surface area contributed by atoms with Gasteiger partial charge in [-0.05, 0) is 23.4 Å². The van der Waals surface area contributed by atoms with Gasteiger partial charge in [0.2, 0.25) is 0 Å². The molecule has 0 saturated carbocycles. The van der Waals surface area contributed by atoms with Gasteiger partial charge in [0.15, 0.2) is 5.78 Å². The Hall–Kier alpha value is -1.48. The summed E-state index contributed by atoms with van der Waals surface area (Å²) < 4.78 is 3.09. The second-order valence-electron chi connectivity index (χ2n) is 3.21. The highest BCUT2D eigenvalue weighted by Gasteiger charge is 2.08. The highest BCUT2D eigenvalue weighted by atomic mass is 32.2. The molecule has 0 spiro atoms. The molecule has 0 aliphatic carbocycles. The molecule has 0 saturated heterocycles. The van der Waals surface area contributed by atoms with E-state index in [1.807, 2.05) is 47.9 Å². The van der Waals surface area contributed by atoms with Crippen LogP contribution in [0.2, 0.25) is 0 Å². The molecule has 0 atom stereocenters. The lowest BCUT2D eigenvalue weighted by Crippen LogP contribution is -2.10. The molecule has 0 amide bonds. The fraction of sp³-hybridized carbons (Fsp3) is 0.0833. The molecular formula is C12H11NOS. The topological polar surface area (TPSA) is 29.1 Å². The molecule has 0 bridgehead atoms. The van der Waals surface area contributed by atoms with Gasteiger partial charge < -0.3 is 4.72 Å². The maximum Gasteiger partial charge on any atom is 0.168 e. The molecule has 1 N–H and O–H groups in total. The van der Waals surface area contributed by atoms with E-state index in [0.717, 1.165) is 11.3 Å². The summed E-state index contributed by atoms with van der Waals surface area (Å²) in [6.07, 6.45) is 4.30. The van der Waals surface area contributed by atoms with Crippen molar-refractivity contribution in [3.8, 4) is 0 Å². The Morgan fingerprint density at radius 3 is 2.73 bits per heavy atom. The van der Waals surface area contributed by atoms with Gasteiger partial charge in [-0.2, -0.15) is 0 Å². The second kappa shape index (κ2) is 4.84. The Kier molecular flexibility index (Phi) is 3.25. The van der Waals surface area contributed by atoms with Crippen molar-refractivity contribution in [3.05, 3.63) is 59.2 Å². The minimum atomic E-state index is 0.144. The van der Waals surface area contributed by atoms with Crippen LogP contribution in [-0.4, -0.2) is 5.78 Å². The van der Waals surface area contributed by atoms with Crippen LogP contribution in [0.25, 0.3) is 0 Å². The fourth-order valence-electron chi connectivity index (χ4n) is 1.33. The summed E-state index contributed by atoms with van der Waals surface area (Å²) >= 11 is 1.49. The van der Waals surface area contributed by atoms with Gasteiger partial charge in [-0.1, -0.05) is 36.4 Å². The predicted molar refractivity (Wildman–Crippen MR) is 63.3 cm³/mol. The smallest absolute Gasteiger partial charge is 0.168 e. The van der Waals surface area contributed by atoms with E-state index in [4.69, 9.17) is 0 Å². The zero-order valence-corrected chi connectivity index (χ0v) is 8.96. The SMILES string of the molecule is O=C(CC1=CC=CSN1)c1ccccc1. The predicted octanol–water partition coefficient (Wildman–Crippen LogP) is 2.91. The molecule has 15 heavy (non-hydrogen) atoms. The number of ketones is 1. The van der Waals surface area contributed by atoms with Crippen LogP contribution >= 0.6 is 11.9 Å². The first-order valence-electron chi connectivity index (χ1n) is 4.72. The third-order valence-corrected chi connectivity index (χ3v) is 2.75. The van der Waals surface area contributed by atoms with Gasteiger partial charge in [0.25, 0.3) is 0 Å². The molecule has 0 fully saturated rings. The van der Waals surface area contributed by atoms with E-state index < -0.39 is 0 Å². The first-order valence-corrected chi connectivity index (χ1v) is 5.60. The summed E-state index contributed by atoms with van der Waals surface area (Å²) in [6, 6.07) is 9.35. The van der Waals surface area contributed by atoms with Crippen LogP contribution in [0.5, 0.6) is 0 Å². The zero-order valence-electron chi connectivity index (χ0n) is 8.14. The van der Waals surface area contributed by atoms with Gasteiger partial charge >= 0.3 is 0 Å². The molecular weight excluding hydrogens is 206 g/mol. The molecule has 0 radical (unpaired) electrons. The van der Waals surface area contributed by atoms with Crippen LogP contribution in [0.15, 0.2) is 53.6 Å². The standard InChI is InChI=1S/C12H11NOS/c14-12(10-5-2-1-3-6-10)9-11-7-4-8-15-13-11/h1-8,13H,9H2. The molecule has 1 aromatic carbocycles. The number of allylic oxidation sites excluding steroid dienone is 3. The summed E-state index contributed by atoms with van der Waals surface area (Å²) in [6.45, 7) is 0. The molecule has 0 unspecified atom stereocenters. The van der Waals surface area contributed by atoms with Crippen LogP contribution in [-0.2, 0) is 0 Å².